The molecule has 0 saturated carbocycles. The lowest BCUT2D eigenvalue weighted by atomic mass is 10.00. The van der Waals surface area contributed by atoms with E-state index in [1.165, 1.54) is 30.4 Å². The highest BCUT2D eigenvalue weighted by molar-refractivity contribution is 7.97. The summed E-state index contributed by atoms with van der Waals surface area (Å²) in [6.07, 6.45) is 2.73. The van der Waals surface area contributed by atoms with Crippen LogP contribution in [0.5, 0.6) is 0 Å². The molecule has 0 atom stereocenters. The fourth-order valence-electron chi connectivity index (χ4n) is 2.35. The van der Waals surface area contributed by atoms with Gasteiger partial charge in [0.1, 0.15) is 0 Å². The molecule has 0 aliphatic carbocycles. The third-order valence-electron chi connectivity index (χ3n) is 3.45. The average molecular weight is 344 g/mol. The predicted molar refractivity (Wildman–Crippen MR) is 92.1 cm³/mol. The third-order valence-corrected chi connectivity index (χ3v) is 4.23. The molecular weight excluding hydrogens is 330 g/mol. The highest BCUT2D eigenvalue weighted by Gasteiger charge is 2.18. The predicted octanol–water partition coefficient (Wildman–Crippen LogP) is 3.90. The van der Waals surface area contributed by atoms with Gasteiger partial charge in [0.2, 0.25) is 5.95 Å². The number of nitrogens with zero attached hydrogens (tertiary/aromatic N) is 2. The van der Waals surface area contributed by atoms with Gasteiger partial charge < -0.3 is 5.73 Å². The maximum absolute atomic E-state index is 14.7. The van der Waals surface area contributed by atoms with Crippen LogP contribution in [0.2, 0.25) is 0 Å². The molecule has 24 heavy (non-hydrogen) atoms. The number of hydrogen-bond acceptors (Lipinski definition) is 5. The molecule has 0 aliphatic rings. The Morgan fingerprint density at radius 2 is 1.54 bits per heavy atom. The van der Waals surface area contributed by atoms with E-state index in [1.54, 1.807) is 25.2 Å². The van der Waals surface area contributed by atoms with Gasteiger partial charge >= 0.3 is 0 Å². The Hall–Kier alpha value is -2.51. The molecular formula is C17H14F2N4S. The number of nitrogens with one attached hydrogen (secondary N) is 1. The number of anilines is 1. The van der Waals surface area contributed by atoms with Crippen LogP contribution in [0.4, 0.5) is 14.7 Å². The van der Waals surface area contributed by atoms with Gasteiger partial charge in [0.05, 0.1) is 0 Å². The minimum absolute atomic E-state index is 0.0780. The van der Waals surface area contributed by atoms with Crippen LogP contribution in [0.15, 0.2) is 53.7 Å². The first kappa shape index (κ1) is 16.4. The average Bonchev–Trinajstić information content (AvgIpc) is 2.59. The standard InChI is InChI=1S/C17H14F2N4S/c1-21-24-14-5-3-2-4-12(14)13-7-6-11(15(18)16(13)19)10-8-22-17(20)23-9-10/h2-9,21H,1H3,(H2,20,22,23). The zero-order chi connectivity index (χ0) is 17.1. The molecule has 7 heteroatoms. The lowest BCUT2D eigenvalue weighted by molar-refractivity contribution is 0.513. The zero-order valence-electron chi connectivity index (χ0n) is 12.8. The molecule has 0 spiro atoms. The van der Waals surface area contributed by atoms with Crippen molar-refractivity contribution in [3.8, 4) is 22.3 Å². The molecule has 122 valence electrons. The van der Waals surface area contributed by atoms with E-state index < -0.39 is 11.6 Å². The van der Waals surface area contributed by atoms with Gasteiger partial charge in [-0.15, -0.1) is 0 Å². The quantitative estimate of drug-likeness (QED) is 0.703. The maximum Gasteiger partial charge on any atom is 0.219 e. The Labute approximate surface area is 142 Å². The number of aromatic nitrogens is 2. The van der Waals surface area contributed by atoms with Crippen molar-refractivity contribution < 1.29 is 8.78 Å². The molecule has 3 rings (SSSR count). The normalized spacial score (nSPS) is 10.8. The minimum atomic E-state index is -0.940. The van der Waals surface area contributed by atoms with Gasteiger partial charge in [-0.2, -0.15) is 0 Å². The van der Waals surface area contributed by atoms with Crippen LogP contribution in [-0.4, -0.2) is 17.0 Å². The van der Waals surface area contributed by atoms with E-state index in [0.29, 0.717) is 11.1 Å². The van der Waals surface area contributed by atoms with Crippen molar-refractivity contribution in [1.82, 2.24) is 14.7 Å². The summed E-state index contributed by atoms with van der Waals surface area (Å²) in [6.45, 7) is 0. The van der Waals surface area contributed by atoms with E-state index in [1.807, 2.05) is 12.1 Å². The number of rotatable bonds is 4. The first-order chi connectivity index (χ1) is 11.6. The first-order valence-corrected chi connectivity index (χ1v) is 7.92. The topological polar surface area (TPSA) is 63.8 Å². The molecule has 0 saturated heterocycles. The van der Waals surface area contributed by atoms with Gasteiger partial charge in [0.15, 0.2) is 11.6 Å². The van der Waals surface area contributed by atoms with E-state index in [0.717, 1.165) is 4.90 Å². The Balaban J connectivity index is 2.10. The molecule has 1 aromatic heterocycles. The van der Waals surface area contributed by atoms with Gasteiger partial charge in [-0.05, 0) is 30.6 Å². The molecule has 0 fully saturated rings. The summed E-state index contributed by atoms with van der Waals surface area (Å²) < 4.78 is 32.2. The number of nitrogen functional groups attached to an aromatic ring is 1. The summed E-state index contributed by atoms with van der Waals surface area (Å²) in [5, 5.41) is 0. The number of benzene rings is 2. The van der Waals surface area contributed by atoms with E-state index in [2.05, 4.69) is 14.7 Å². The third kappa shape index (κ3) is 3.08. The van der Waals surface area contributed by atoms with Gasteiger partial charge in [0.25, 0.3) is 0 Å². The van der Waals surface area contributed by atoms with Crippen molar-refractivity contribution in [2.75, 3.05) is 12.8 Å². The summed E-state index contributed by atoms with van der Waals surface area (Å²) in [5.74, 6) is -1.77. The lowest BCUT2D eigenvalue weighted by Gasteiger charge is -2.12. The van der Waals surface area contributed by atoms with Crippen LogP contribution in [0.1, 0.15) is 0 Å². The first-order valence-electron chi connectivity index (χ1n) is 7.10. The number of halogens is 2. The monoisotopic (exact) mass is 344 g/mol. The minimum Gasteiger partial charge on any atom is -0.368 e. The van der Waals surface area contributed by atoms with E-state index >= 15 is 0 Å². The second kappa shape index (κ2) is 6.94. The Morgan fingerprint density at radius 1 is 0.917 bits per heavy atom. The SMILES string of the molecule is CNSc1ccccc1-c1ccc(-c2cnc(N)nc2)c(F)c1F. The fraction of sp³-hybridized carbons (Fsp3) is 0.0588. The van der Waals surface area contributed by atoms with Crippen LogP contribution < -0.4 is 10.5 Å². The van der Waals surface area contributed by atoms with Crippen molar-refractivity contribution in [3.05, 3.63) is 60.4 Å². The van der Waals surface area contributed by atoms with Crippen molar-refractivity contribution in [1.29, 1.82) is 0 Å². The molecule has 0 amide bonds. The second-order valence-electron chi connectivity index (χ2n) is 4.92. The van der Waals surface area contributed by atoms with Crippen LogP contribution in [0.25, 0.3) is 22.3 Å². The number of hydrogen-bond donors (Lipinski definition) is 2. The van der Waals surface area contributed by atoms with E-state index in [-0.39, 0.29) is 17.1 Å². The van der Waals surface area contributed by atoms with Crippen molar-refractivity contribution in [2.45, 2.75) is 4.90 Å². The molecule has 0 unspecified atom stereocenters. The van der Waals surface area contributed by atoms with Crippen molar-refractivity contribution in [3.63, 3.8) is 0 Å². The summed E-state index contributed by atoms with van der Waals surface area (Å²) in [4.78, 5) is 8.43. The molecule has 0 radical (unpaired) electrons. The maximum atomic E-state index is 14.7. The van der Waals surface area contributed by atoms with Gasteiger partial charge in [-0.1, -0.05) is 30.3 Å². The van der Waals surface area contributed by atoms with Gasteiger partial charge in [-0.25, -0.2) is 18.7 Å². The highest BCUT2D eigenvalue weighted by Crippen LogP contribution is 2.35. The van der Waals surface area contributed by atoms with Crippen LogP contribution >= 0.6 is 11.9 Å². The fourth-order valence-corrected chi connectivity index (χ4v) is 3.00. The molecule has 0 bridgehead atoms. The lowest BCUT2D eigenvalue weighted by Crippen LogP contribution is -1.98. The van der Waals surface area contributed by atoms with E-state index in [9.17, 15) is 8.78 Å². The van der Waals surface area contributed by atoms with Gasteiger partial charge in [0, 0.05) is 34.0 Å². The van der Waals surface area contributed by atoms with Crippen LogP contribution in [-0.2, 0) is 0 Å². The molecule has 3 N–H and O–H groups in total. The smallest absolute Gasteiger partial charge is 0.219 e. The van der Waals surface area contributed by atoms with Crippen molar-refractivity contribution in [2.24, 2.45) is 0 Å². The molecule has 1 heterocycles. The van der Waals surface area contributed by atoms with Gasteiger partial charge in [-0.3, -0.25) is 4.72 Å². The Morgan fingerprint density at radius 3 is 2.25 bits per heavy atom. The second-order valence-corrected chi connectivity index (χ2v) is 5.97. The highest BCUT2D eigenvalue weighted by atomic mass is 32.2. The summed E-state index contributed by atoms with van der Waals surface area (Å²) in [6, 6.07) is 10.3. The largest absolute Gasteiger partial charge is 0.368 e. The molecule has 0 aliphatic heterocycles. The van der Waals surface area contributed by atoms with E-state index in [4.69, 9.17) is 5.73 Å². The van der Waals surface area contributed by atoms with Crippen molar-refractivity contribution >= 4 is 17.9 Å². The number of nitrogens with two attached hydrogens (primary N) is 1. The van der Waals surface area contributed by atoms with Crippen LogP contribution in [0.3, 0.4) is 0 Å². The zero-order valence-corrected chi connectivity index (χ0v) is 13.6. The summed E-state index contributed by atoms with van der Waals surface area (Å²) in [5.41, 5.74) is 6.70. The summed E-state index contributed by atoms with van der Waals surface area (Å²) >= 11 is 1.34. The Bertz CT molecular complexity index is 869. The Kier molecular flexibility index (Phi) is 4.73. The van der Waals surface area contributed by atoms with Crippen LogP contribution in [0, 0.1) is 11.6 Å². The molecule has 3 aromatic rings. The molecule has 4 nitrogen and oxygen atoms in total. The molecule has 2 aromatic carbocycles. The summed E-state index contributed by atoms with van der Waals surface area (Å²) in [7, 11) is 1.77.